The van der Waals surface area contributed by atoms with Gasteiger partial charge in [0.2, 0.25) is 0 Å². The minimum Gasteiger partial charge on any atom is -0.469 e. The van der Waals surface area contributed by atoms with Gasteiger partial charge in [0.15, 0.2) is 0 Å². The summed E-state index contributed by atoms with van der Waals surface area (Å²) in [7, 11) is 3.26. The first-order valence-corrected chi connectivity index (χ1v) is 13.8. The van der Waals surface area contributed by atoms with Crippen LogP contribution in [-0.2, 0) is 19.0 Å². The van der Waals surface area contributed by atoms with Gasteiger partial charge in [-0.05, 0) is 110 Å². The Hall–Kier alpha value is -0.610. The molecule has 4 fully saturated rings. The summed E-state index contributed by atoms with van der Waals surface area (Å²) in [4.78, 5) is 11.8. The molecule has 4 unspecified atom stereocenters. The molecule has 0 aromatic heterocycles. The van der Waals surface area contributed by atoms with E-state index in [9.17, 15) is 4.79 Å². The third-order valence-electron chi connectivity index (χ3n) is 11.6. The van der Waals surface area contributed by atoms with E-state index >= 15 is 0 Å². The number of carbonyl (C=O) groups excluding carboxylic acids is 1. The summed E-state index contributed by atoms with van der Waals surface area (Å²) in [6.45, 7) is 13.0. The highest BCUT2D eigenvalue weighted by atomic mass is 16.7. The number of fused-ring (bicyclic) bond motifs is 5. The number of methoxy groups -OCH3 is 2. The van der Waals surface area contributed by atoms with E-state index in [2.05, 4.69) is 34.6 Å². The second-order valence-electron chi connectivity index (χ2n) is 13.1. The SMILES string of the molecule is COCOC1C[C@@H]2C[C@@H](C)[C@H](C)C[C@]2(C)C2CC[C@@]3(C)C(CC[C@@H]3[C@H](C)CCC(=O)OC)C12. The Labute approximate surface area is 202 Å². The smallest absolute Gasteiger partial charge is 0.305 e. The van der Waals surface area contributed by atoms with Gasteiger partial charge in [0.05, 0.1) is 13.2 Å². The molecular formula is C29H50O4. The molecule has 0 N–H and O–H groups in total. The van der Waals surface area contributed by atoms with Crippen LogP contribution in [0.3, 0.4) is 0 Å². The van der Waals surface area contributed by atoms with E-state index in [1.807, 2.05) is 0 Å². The van der Waals surface area contributed by atoms with Crippen LogP contribution in [0.4, 0.5) is 0 Å². The summed E-state index contributed by atoms with van der Waals surface area (Å²) < 4.78 is 16.9. The zero-order valence-corrected chi connectivity index (χ0v) is 22.4. The van der Waals surface area contributed by atoms with Crippen molar-refractivity contribution in [3.63, 3.8) is 0 Å². The van der Waals surface area contributed by atoms with Crippen molar-refractivity contribution >= 4 is 5.97 Å². The van der Waals surface area contributed by atoms with Gasteiger partial charge in [-0.1, -0.05) is 34.6 Å². The Morgan fingerprint density at radius 1 is 1.00 bits per heavy atom. The molecule has 190 valence electrons. The van der Waals surface area contributed by atoms with Crippen LogP contribution < -0.4 is 0 Å². The van der Waals surface area contributed by atoms with E-state index in [1.54, 1.807) is 7.11 Å². The summed E-state index contributed by atoms with van der Waals surface area (Å²) in [6, 6.07) is 0. The summed E-state index contributed by atoms with van der Waals surface area (Å²) in [6.07, 6.45) is 11.1. The molecule has 0 bridgehead atoms. The zero-order chi connectivity index (χ0) is 24.0. The highest BCUT2D eigenvalue weighted by Crippen LogP contribution is 2.69. The van der Waals surface area contributed by atoms with Gasteiger partial charge in [0.25, 0.3) is 0 Å². The molecule has 0 aliphatic heterocycles. The molecule has 4 aliphatic carbocycles. The van der Waals surface area contributed by atoms with Crippen LogP contribution in [0.15, 0.2) is 0 Å². The van der Waals surface area contributed by atoms with Crippen LogP contribution in [0.5, 0.6) is 0 Å². The van der Waals surface area contributed by atoms with E-state index in [1.165, 1.54) is 52.1 Å². The average molecular weight is 463 g/mol. The highest BCUT2D eigenvalue weighted by Gasteiger charge is 2.63. The number of hydrogen-bond donors (Lipinski definition) is 0. The summed E-state index contributed by atoms with van der Waals surface area (Å²) in [5, 5.41) is 0. The van der Waals surface area contributed by atoms with E-state index in [4.69, 9.17) is 14.2 Å². The summed E-state index contributed by atoms with van der Waals surface area (Å²) in [5.74, 6) is 5.79. The number of rotatable bonds is 7. The van der Waals surface area contributed by atoms with Crippen molar-refractivity contribution in [2.75, 3.05) is 21.0 Å². The predicted molar refractivity (Wildman–Crippen MR) is 131 cm³/mol. The van der Waals surface area contributed by atoms with Gasteiger partial charge in [0, 0.05) is 13.5 Å². The second-order valence-corrected chi connectivity index (χ2v) is 13.1. The van der Waals surface area contributed by atoms with Crippen molar-refractivity contribution in [1.29, 1.82) is 0 Å². The Kier molecular flexibility index (Phi) is 7.57. The van der Waals surface area contributed by atoms with Crippen LogP contribution in [0.1, 0.15) is 92.4 Å². The Morgan fingerprint density at radius 2 is 1.73 bits per heavy atom. The minimum absolute atomic E-state index is 0.0646. The van der Waals surface area contributed by atoms with Crippen molar-refractivity contribution in [2.24, 2.45) is 58.2 Å². The lowest BCUT2D eigenvalue weighted by Crippen LogP contribution is -2.59. The van der Waals surface area contributed by atoms with Gasteiger partial charge < -0.3 is 14.2 Å². The van der Waals surface area contributed by atoms with E-state index in [0.29, 0.717) is 47.9 Å². The molecule has 4 rings (SSSR count). The fourth-order valence-electron chi connectivity index (χ4n) is 9.71. The maximum atomic E-state index is 11.8. The quantitative estimate of drug-likeness (QED) is 0.311. The Balaban J connectivity index is 1.59. The van der Waals surface area contributed by atoms with E-state index in [-0.39, 0.29) is 5.97 Å². The van der Waals surface area contributed by atoms with Crippen LogP contribution in [0.25, 0.3) is 0 Å². The maximum absolute atomic E-state index is 11.8. The normalized spacial score (nSPS) is 47.8. The van der Waals surface area contributed by atoms with Gasteiger partial charge in [-0.15, -0.1) is 0 Å². The second kappa shape index (κ2) is 9.80. The first kappa shape index (κ1) is 25.5. The van der Waals surface area contributed by atoms with E-state index < -0.39 is 0 Å². The lowest BCUT2D eigenvalue weighted by atomic mass is 9.42. The van der Waals surface area contributed by atoms with Gasteiger partial charge in [-0.25, -0.2) is 0 Å². The topological polar surface area (TPSA) is 44.8 Å². The summed E-state index contributed by atoms with van der Waals surface area (Å²) >= 11 is 0. The molecular weight excluding hydrogens is 412 g/mol. The number of esters is 1. The van der Waals surface area contributed by atoms with Crippen molar-refractivity contribution in [3.8, 4) is 0 Å². The fourth-order valence-corrected chi connectivity index (χ4v) is 9.71. The Bertz CT molecular complexity index is 693. The fraction of sp³-hybridized carbons (Fsp3) is 0.966. The number of carbonyl (C=O) groups is 1. The summed E-state index contributed by atoms with van der Waals surface area (Å²) in [5.41, 5.74) is 0.821. The molecule has 4 saturated carbocycles. The maximum Gasteiger partial charge on any atom is 0.305 e. The molecule has 4 aliphatic rings. The molecule has 0 radical (unpaired) electrons. The monoisotopic (exact) mass is 462 g/mol. The lowest BCUT2D eigenvalue weighted by molar-refractivity contribution is -0.209. The van der Waals surface area contributed by atoms with Gasteiger partial charge in [-0.3, -0.25) is 4.79 Å². The molecule has 4 nitrogen and oxygen atoms in total. The van der Waals surface area contributed by atoms with Crippen LogP contribution in [0.2, 0.25) is 0 Å². The van der Waals surface area contributed by atoms with Crippen LogP contribution in [0, 0.1) is 58.2 Å². The van der Waals surface area contributed by atoms with Gasteiger partial charge in [0.1, 0.15) is 6.79 Å². The number of ether oxygens (including phenoxy) is 3. The Morgan fingerprint density at radius 3 is 2.42 bits per heavy atom. The molecule has 0 heterocycles. The van der Waals surface area contributed by atoms with Gasteiger partial charge >= 0.3 is 5.97 Å². The van der Waals surface area contributed by atoms with E-state index in [0.717, 1.165) is 36.0 Å². The molecule has 33 heavy (non-hydrogen) atoms. The minimum atomic E-state index is -0.0646. The van der Waals surface area contributed by atoms with Crippen molar-refractivity contribution in [2.45, 2.75) is 98.5 Å². The molecule has 11 atom stereocenters. The first-order chi connectivity index (χ1) is 15.7. The molecule has 0 saturated heterocycles. The molecule has 0 amide bonds. The third-order valence-corrected chi connectivity index (χ3v) is 11.6. The molecule has 0 aromatic rings. The molecule has 4 heteroatoms. The first-order valence-electron chi connectivity index (χ1n) is 13.8. The average Bonchev–Trinajstić information content (AvgIpc) is 3.14. The predicted octanol–water partition coefficient (Wildman–Crippen LogP) is 6.72. The highest BCUT2D eigenvalue weighted by molar-refractivity contribution is 5.69. The van der Waals surface area contributed by atoms with Gasteiger partial charge in [-0.2, -0.15) is 0 Å². The lowest BCUT2D eigenvalue weighted by Gasteiger charge is -2.64. The molecule has 0 spiro atoms. The van der Waals surface area contributed by atoms with Crippen LogP contribution in [-0.4, -0.2) is 33.1 Å². The third kappa shape index (κ3) is 4.41. The van der Waals surface area contributed by atoms with Crippen molar-refractivity contribution < 1.29 is 19.0 Å². The number of hydrogen-bond acceptors (Lipinski definition) is 4. The zero-order valence-electron chi connectivity index (χ0n) is 22.4. The largest absolute Gasteiger partial charge is 0.469 e. The standard InChI is InChI=1S/C29H50O4/c1-18(8-11-26(30)32-7)22-9-10-23-27-24(12-13-28(22,23)4)29(5)16-20(3)19(2)14-21(29)15-25(27)33-17-31-6/h18-25,27H,8-17H2,1-7H3/t18-,19-,20-,21+,22-,23?,24?,25?,27?,28-,29+/m1/s1. The molecule has 0 aromatic carbocycles. The van der Waals surface area contributed by atoms with Crippen molar-refractivity contribution in [1.82, 2.24) is 0 Å². The van der Waals surface area contributed by atoms with Crippen molar-refractivity contribution in [3.05, 3.63) is 0 Å². The van der Waals surface area contributed by atoms with Crippen LogP contribution >= 0.6 is 0 Å².